The average Bonchev–Trinajstić information content (AvgIpc) is 3.09. The number of hydrogen-bond donors (Lipinski definition) is 1. The molecule has 3 rings (SSSR count). The summed E-state index contributed by atoms with van der Waals surface area (Å²) >= 11 is 1.66. The molecular formula is C15H16N2O2S. The number of aromatic nitrogens is 1. The molecule has 0 bridgehead atoms. The normalized spacial score (nSPS) is 18.4. The van der Waals surface area contributed by atoms with Gasteiger partial charge in [0.15, 0.2) is 0 Å². The Morgan fingerprint density at radius 1 is 1.40 bits per heavy atom. The molecule has 5 heteroatoms. The van der Waals surface area contributed by atoms with Crippen LogP contribution in [0.5, 0.6) is 0 Å². The SMILES string of the molecule is Cc1ccc(C(=O)N2CCC[C@@H]2c2cccs2)c(=O)[nH]1. The van der Waals surface area contributed by atoms with Crippen molar-refractivity contribution >= 4 is 17.2 Å². The molecule has 1 amide bonds. The van der Waals surface area contributed by atoms with E-state index in [2.05, 4.69) is 11.1 Å². The number of aryl methyl sites for hydroxylation is 1. The van der Waals surface area contributed by atoms with Crippen LogP contribution in [0.3, 0.4) is 0 Å². The summed E-state index contributed by atoms with van der Waals surface area (Å²) in [5.74, 6) is -0.165. The van der Waals surface area contributed by atoms with Crippen molar-refractivity contribution in [3.05, 3.63) is 56.1 Å². The third kappa shape index (κ3) is 2.29. The molecule has 3 heterocycles. The van der Waals surface area contributed by atoms with Crippen molar-refractivity contribution in [3.8, 4) is 0 Å². The maximum atomic E-state index is 12.6. The van der Waals surface area contributed by atoms with Crippen molar-refractivity contribution in [2.45, 2.75) is 25.8 Å². The Morgan fingerprint density at radius 2 is 2.25 bits per heavy atom. The molecule has 2 aromatic rings. The van der Waals surface area contributed by atoms with E-state index < -0.39 is 0 Å². The van der Waals surface area contributed by atoms with Crippen LogP contribution in [-0.4, -0.2) is 22.3 Å². The van der Waals surface area contributed by atoms with Gasteiger partial charge in [-0.05, 0) is 43.3 Å². The first-order valence-electron chi connectivity index (χ1n) is 6.71. The fraction of sp³-hybridized carbons (Fsp3) is 0.333. The molecule has 0 aromatic carbocycles. The van der Waals surface area contributed by atoms with Crippen molar-refractivity contribution in [3.63, 3.8) is 0 Å². The van der Waals surface area contributed by atoms with Crippen LogP contribution in [0.25, 0.3) is 0 Å². The van der Waals surface area contributed by atoms with Crippen molar-refractivity contribution < 1.29 is 4.79 Å². The molecule has 0 radical (unpaired) electrons. The summed E-state index contributed by atoms with van der Waals surface area (Å²) < 4.78 is 0. The first-order chi connectivity index (χ1) is 9.66. The standard InChI is InChI=1S/C15H16N2O2S/c1-10-6-7-11(14(18)16-10)15(19)17-8-2-4-12(17)13-5-3-9-20-13/h3,5-7,9,12H,2,4,8H2,1H3,(H,16,18)/t12-/m1/s1. The number of likely N-dealkylation sites (tertiary alicyclic amines) is 1. The van der Waals surface area contributed by atoms with Gasteiger partial charge in [0.1, 0.15) is 5.56 Å². The molecule has 4 nitrogen and oxygen atoms in total. The molecule has 0 unspecified atom stereocenters. The summed E-state index contributed by atoms with van der Waals surface area (Å²) in [6, 6.07) is 7.56. The molecule has 104 valence electrons. The highest BCUT2D eigenvalue weighted by atomic mass is 32.1. The molecule has 20 heavy (non-hydrogen) atoms. The van der Waals surface area contributed by atoms with Crippen molar-refractivity contribution in [2.24, 2.45) is 0 Å². The van der Waals surface area contributed by atoms with Gasteiger partial charge in [-0.2, -0.15) is 0 Å². The minimum atomic E-state index is -0.299. The second-order valence-electron chi connectivity index (χ2n) is 5.06. The fourth-order valence-electron chi connectivity index (χ4n) is 2.68. The number of amides is 1. The zero-order chi connectivity index (χ0) is 14.1. The number of carbonyl (C=O) groups excluding carboxylic acids is 1. The second-order valence-corrected chi connectivity index (χ2v) is 6.04. The number of thiophene rings is 1. The highest BCUT2D eigenvalue weighted by Crippen LogP contribution is 2.35. The molecule has 1 aliphatic heterocycles. The predicted molar refractivity (Wildman–Crippen MR) is 79.1 cm³/mol. The average molecular weight is 288 g/mol. The quantitative estimate of drug-likeness (QED) is 0.923. The van der Waals surface area contributed by atoms with E-state index >= 15 is 0 Å². The maximum absolute atomic E-state index is 12.6. The molecule has 1 atom stereocenters. The molecule has 1 saturated heterocycles. The number of pyridine rings is 1. The first-order valence-corrected chi connectivity index (χ1v) is 7.59. The summed E-state index contributed by atoms with van der Waals surface area (Å²) in [5, 5.41) is 2.02. The third-order valence-electron chi connectivity index (χ3n) is 3.67. The second kappa shape index (κ2) is 5.25. The van der Waals surface area contributed by atoms with E-state index in [1.165, 1.54) is 4.88 Å². The smallest absolute Gasteiger partial charge is 0.260 e. The number of carbonyl (C=O) groups is 1. The Bertz CT molecular complexity index is 675. The summed E-state index contributed by atoms with van der Waals surface area (Å²) in [7, 11) is 0. The Hall–Kier alpha value is -1.88. The lowest BCUT2D eigenvalue weighted by Crippen LogP contribution is -2.34. The van der Waals surface area contributed by atoms with Crippen molar-refractivity contribution in [1.29, 1.82) is 0 Å². The van der Waals surface area contributed by atoms with Gasteiger partial charge in [-0.25, -0.2) is 0 Å². The Balaban J connectivity index is 1.91. The van der Waals surface area contributed by atoms with E-state index in [1.807, 2.05) is 16.3 Å². The van der Waals surface area contributed by atoms with Crippen LogP contribution in [0, 0.1) is 6.92 Å². The lowest BCUT2D eigenvalue weighted by atomic mass is 10.1. The van der Waals surface area contributed by atoms with Gasteiger partial charge in [0.2, 0.25) is 0 Å². The summed E-state index contributed by atoms with van der Waals surface area (Å²) in [6.45, 7) is 2.52. The van der Waals surface area contributed by atoms with Crippen LogP contribution in [-0.2, 0) is 0 Å². The van der Waals surface area contributed by atoms with Gasteiger partial charge in [-0.15, -0.1) is 11.3 Å². The van der Waals surface area contributed by atoms with E-state index in [0.717, 1.165) is 18.5 Å². The Morgan fingerprint density at radius 3 is 2.95 bits per heavy atom. The minimum Gasteiger partial charge on any atom is -0.331 e. The summed E-state index contributed by atoms with van der Waals surface area (Å²) in [6.07, 6.45) is 1.95. The van der Waals surface area contributed by atoms with Gasteiger partial charge in [0.25, 0.3) is 11.5 Å². The monoisotopic (exact) mass is 288 g/mol. The third-order valence-corrected chi connectivity index (χ3v) is 4.64. The van der Waals surface area contributed by atoms with Crippen LogP contribution in [0.4, 0.5) is 0 Å². The van der Waals surface area contributed by atoms with Crippen LogP contribution in [0.15, 0.2) is 34.4 Å². The molecule has 1 N–H and O–H groups in total. The number of rotatable bonds is 2. The van der Waals surface area contributed by atoms with E-state index in [1.54, 1.807) is 30.4 Å². The summed E-state index contributed by atoms with van der Waals surface area (Å²) in [4.78, 5) is 30.2. The number of aromatic amines is 1. The lowest BCUT2D eigenvalue weighted by Gasteiger charge is -2.23. The van der Waals surface area contributed by atoms with Crippen molar-refractivity contribution in [1.82, 2.24) is 9.88 Å². The number of nitrogens with one attached hydrogen (secondary N) is 1. The van der Waals surface area contributed by atoms with E-state index in [0.29, 0.717) is 6.54 Å². The van der Waals surface area contributed by atoms with E-state index in [-0.39, 0.29) is 23.1 Å². The van der Waals surface area contributed by atoms with E-state index in [9.17, 15) is 9.59 Å². The molecule has 2 aromatic heterocycles. The molecule has 0 aliphatic carbocycles. The molecule has 1 aliphatic rings. The highest BCUT2D eigenvalue weighted by Gasteiger charge is 2.32. The van der Waals surface area contributed by atoms with Crippen molar-refractivity contribution in [2.75, 3.05) is 6.54 Å². The largest absolute Gasteiger partial charge is 0.331 e. The lowest BCUT2D eigenvalue weighted by molar-refractivity contribution is 0.0736. The molecule has 0 saturated carbocycles. The molecule has 0 spiro atoms. The van der Waals surface area contributed by atoms with Gasteiger partial charge < -0.3 is 9.88 Å². The highest BCUT2D eigenvalue weighted by molar-refractivity contribution is 7.10. The zero-order valence-corrected chi connectivity index (χ0v) is 12.1. The Labute approximate surface area is 121 Å². The van der Waals surface area contributed by atoms with Crippen LogP contribution < -0.4 is 5.56 Å². The number of nitrogens with zero attached hydrogens (tertiary/aromatic N) is 1. The summed E-state index contributed by atoms with van der Waals surface area (Å²) in [5.41, 5.74) is 0.702. The van der Waals surface area contributed by atoms with Crippen LogP contribution in [0.2, 0.25) is 0 Å². The molecular weight excluding hydrogens is 272 g/mol. The van der Waals surface area contributed by atoms with Gasteiger partial charge in [-0.1, -0.05) is 6.07 Å². The van der Waals surface area contributed by atoms with Crippen LogP contribution in [0.1, 0.15) is 39.8 Å². The molecule has 1 fully saturated rings. The van der Waals surface area contributed by atoms with Gasteiger partial charge in [0.05, 0.1) is 6.04 Å². The minimum absolute atomic E-state index is 0.114. The van der Waals surface area contributed by atoms with Gasteiger partial charge in [-0.3, -0.25) is 9.59 Å². The van der Waals surface area contributed by atoms with Crippen LogP contribution >= 0.6 is 11.3 Å². The zero-order valence-electron chi connectivity index (χ0n) is 11.3. The number of hydrogen-bond acceptors (Lipinski definition) is 3. The van der Waals surface area contributed by atoms with Gasteiger partial charge in [0, 0.05) is 17.1 Å². The first kappa shape index (κ1) is 13.1. The Kier molecular flexibility index (Phi) is 3.44. The topological polar surface area (TPSA) is 53.2 Å². The maximum Gasteiger partial charge on any atom is 0.260 e. The predicted octanol–water partition coefficient (Wildman–Crippen LogP) is 2.72. The van der Waals surface area contributed by atoms with Gasteiger partial charge >= 0.3 is 0 Å². The fourth-order valence-corrected chi connectivity index (χ4v) is 3.56. The number of H-pyrrole nitrogens is 1. The van der Waals surface area contributed by atoms with E-state index in [4.69, 9.17) is 0 Å².